The van der Waals surface area contributed by atoms with Gasteiger partial charge in [0, 0.05) is 48.5 Å². The molecule has 6 nitrogen and oxygen atoms in total. The zero-order valence-electron chi connectivity index (χ0n) is 17.6. The Labute approximate surface area is 185 Å². The fraction of sp³-hybridized carbons (Fsp3) is 0.409. The number of piperazine rings is 1. The van der Waals surface area contributed by atoms with Crippen molar-refractivity contribution in [2.75, 3.05) is 38.5 Å². The number of nitrogens with zero attached hydrogens (tertiary/aromatic N) is 4. The van der Waals surface area contributed by atoms with Crippen molar-refractivity contribution in [2.45, 2.75) is 26.8 Å². The summed E-state index contributed by atoms with van der Waals surface area (Å²) in [5.41, 5.74) is 4.18. The van der Waals surface area contributed by atoms with Crippen molar-refractivity contribution >= 4 is 33.7 Å². The first-order valence-electron chi connectivity index (χ1n) is 10.1. The number of hydrogen-bond acceptors (Lipinski definition) is 7. The van der Waals surface area contributed by atoms with Gasteiger partial charge >= 0.3 is 0 Å². The molecule has 8 heteroatoms. The summed E-state index contributed by atoms with van der Waals surface area (Å²) in [6.07, 6.45) is 0.259. The summed E-state index contributed by atoms with van der Waals surface area (Å²) in [7, 11) is 2.18. The number of rotatable bonds is 6. The summed E-state index contributed by atoms with van der Waals surface area (Å²) in [4.78, 5) is 27.4. The number of thiazole rings is 2. The summed E-state index contributed by atoms with van der Waals surface area (Å²) in [5, 5.41) is 6.47. The van der Waals surface area contributed by atoms with Gasteiger partial charge in [-0.05, 0) is 32.5 Å². The minimum Gasteiger partial charge on any atom is -0.304 e. The van der Waals surface area contributed by atoms with E-state index in [0.29, 0.717) is 5.13 Å². The van der Waals surface area contributed by atoms with Gasteiger partial charge in [-0.25, -0.2) is 9.97 Å². The maximum absolute atomic E-state index is 12.4. The third-order valence-corrected chi connectivity index (χ3v) is 7.27. The van der Waals surface area contributed by atoms with Crippen LogP contribution in [0.25, 0.3) is 10.6 Å². The predicted octanol–water partition coefficient (Wildman–Crippen LogP) is 3.81. The van der Waals surface area contributed by atoms with Crippen LogP contribution in [0.5, 0.6) is 0 Å². The monoisotopic (exact) mass is 441 g/mol. The molecule has 3 aromatic rings. The van der Waals surface area contributed by atoms with Gasteiger partial charge in [-0.15, -0.1) is 22.7 Å². The summed E-state index contributed by atoms with van der Waals surface area (Å²) in [5.74, 6) is -0.0792. The molecule has 158 valence electrons. The Kier molecular flexibility index (Phi) is 6.58. The van der Waals surface area contributed by atoms with Gasteiger partial charge in [-0.2, -0.15) is 0 Å². The quantitative estimate of drug-likeness (QED) is 0.630. The molecule has 0 saturated carbocycles. The van der Waals surface area contributed by atoms with Crippen molar-refractivity contribution in [3.05, 3.63) is 51.5 Å². The van der Waals surface area contributed by atoms with Gasteiger partial charge in [0.25, 0.3) is 0 Å². The highest BCUT2D eigenvalue weighted by Gasteiger charge is 2.15. The first kappa shape index (κ1) is 21.1. The Balaban J connectivity index is 1.38. The van der Waals surface area contributed by atoms with Gasteiger partial charge in [0.2, 0.25) is 5.91 Å². The second-order valence-electron chi connectivity index (χ2n) is 7.81. The molecule has 1 aromatic carbocycles. The molecule has 1 amide bonds. The van der Waals surface area contributed by atoms with Crippen LogP contribution in [0, 0.1) is 13.8 Å². The number of hydrogen-bond donors (Lipinski definition) is 1. The first-order valence-corrected chi connectivity index (χ1v) is 11.8. The molecule has 3 heterocycles. The second kappa shape index (κ2) is 9.34. The average molecular weight is 442 g/mol. The zero-order valence-corrected chi connectivity index (χ0v) is 19.3. The van der Waals surface area contributed by atoms with Crippen molar-refractivity contribution in [3.8, 4) is 10.6 Å². The third kappa shape index (κ3) is 5.31. The highest BCUT2D eigenvalue weighted by atomic mass is 32.1. The Morgan fingerprint density at radius 1 is 1.17 bits per heavy atom. The van der Waals surface area contributed by atoms with Gasteiger partial charge in [0.15, 0.2) is 5.13 Å². The van der Waals surface area contributed by atoms with Crippen molar-refractivity contribution < 1.29 is 4.79 Å². The molecule has 4 rings (SSSR count). The number of carbonyl (C=O) groups is 1. The lowest BCUT2D eigenvalue weighted by atomic mass is 10.1. The lowest BCUT2D eigenvalue weighted by molar-refractivity contribution is -0.115. The van der Waals surface area contributed by atoms with Crippen LogP contribution in [0.1, 0.15) is 21.8 Å². The van der Waals surface area contributed by atoms with Gasteiger partial charge < -0.3 is 10.2 Å². The molecule has 1 N–H and O–H groups in total. The van der Waals surface area contributed by atoms with Crippen LogP contribution in [0.2, 0.25) is 0 Å². The van der Waals surface area contributed by atoms with Crippen LogP contribution >= 0.6 is 22.7 Å². The van der Waals surface area contributed by atoms with E-state index in [4.69, 9.17) is 4.98 Å². The third-order valence-electron chi connectivity index (χ3n) is 5.34. The number of carbonyl (C=O) groups excluding carboxylic acids is 1. The minimum absolute atomic E-state index is 0.0792. The SMILES string of the molecule is Cc1nc(NC(=O)Cc2csc(-c3cccc(CN4CCN(C)CC4)c3)n2)sc1C. The molecule has 0 spiro atoms. The van der Waals surface area contributed by atoms with E-state index in [1.807, 2.05) is 19.2 Å². The van der Waals surface area contributed by atoms with Gasteiger partial charge in [-0.1, -0.05) is 18.2 Å². The van der Waals surface area contributed by atoms with Crippen LogP contribution in [-0.2, 0) is 17.8 Å². The standard InChI is InChI=1S/C22H27N5OS2/c1-15-16(2)30-22(23-15)25-20(28)12-19-14-29-21(24-19)18-6-4-5-17(11-18)13-27-9-7-26(3)8-10-27/h4-6,11,14H,7-10,12-13H2,1-3H3,(H,23,25,28). The Hall–Kier alpha value is -2.13. The van der Waals surface area contributed by atoms with Crippen molar-refractivity contribution in [3.63, 3.8) is 0 Å². The molecule has 0 unspecified atom stereocenters. The van der Waals surface area contributed by atoms with Gasteiger partial charge in [0.05, 0.1) is 17.8 Å². The molecule has 0 aliphatic carbocycles. The van der Waals surface area contributed by atoms with E-state index in [0.717, 1.165) is 59.6 Å². The van der Waals surface area contributed by atoms with E-state index in [1.54, 1.807) is 11.3 Å². The van der Waals surface area contributed by atoms with Crippen LogP contribution in [0.4, 0.5) is 5.13 Å². The molecule has 1 saturated heterocycles. The molecule has 1 aliphatic rings. The van der Waals surface area contributed by atoms with Crippen molar-refractivity contribution in [2.24, 2.45) is 0 Å². The minimum atomic E-state index is -0.0792. The van der Waals surface area contributed by atoms with E-state index in [1.165, 1.54) is 16.9 Å². The normalized spacial score (nSPS) is 15.4. The number of aromatic nitrogens is 2. The largest absolute Gasteiger partial charge is 0.304 e. The molecule has 1 aliphatic heterocycles. The lowest BCUT2D eigenvalue weighted by Crippen LogP contribution is -2.43. The molecule has 2 aromatic heterocycles. The molecular weight excluding hydrogens is 414 g/mol. The Bertz CT molecular complexity index is 1000. The maximum atomic E-state index is 12.4. The maximum Gasteiger partial charge on any atom is 0.232 e. The van der Waals surface area contributed by atoms with Crippen LogP contribution in [-0.4, -0.2) is 58.9 Å². The topological polar surface area (TPSA) is 61.4 Å². The highest BCUT2D eigenvalue weighted by Crippen LogP contribution is 2.26. The molecule has 0 radical (unpaired) electrons. The van der Waals surface area contributed by atoms with Crippen LogP contribution in [0.15, 0.2) is 29.6 Å². The highest BCUT2D eigenvalue weighted by molar-refractivity contribution is 7.15. The van der Waals surface area contributed by atoms with E-state index >= 15 is 0 Å². The molecule has 30 heavy (non-hydrogen) atoms. The number of anilines is 1. The second-order valence-corrected chi connectivity index (χ2v) is 9.87. The summed E-state index contributed by atoms with van der Waals surface area (Å²) in [6.45, 7) is 9.38. The number of amides is 1. The number of likely N-dealkylation sites (N-methyl/N-ethyl adjacent to an activating group) is 1. The summed E-state index contributed by atoms with van der Waals surface area (Å²) < 4.78 is 0. The van der Waals surface area contributed by atoms with Crippen LogP contribution in [0.3, 0.4) is 0 Å². The summed E-state index contributed by atoms with van der Waals surface area (Å²) >= 11 is 3.09. The van der Waals surface area contributed by atoms with E-state index in [2.05, 4.69) is 51.4 Å². The van der Waals surface area contributed by atoms with E-state index < -0.39 is 0 Å². The fourth-order valence-corrected chi connectivity index (χ4v) is 5.09. The Morgan fingerprint density at radius 3 is 2.70 bits per heavy atom. The van der Waals surface area contributed by atoms with Crippen molar-refractivity contribution in [1.82, 2.24) is 19.8 Å². The number of nitrogens with one attached hydrogen (secondary N) is 1. The predicted molar refractivity (Wildman–Crippen MR) is 124 cm³/mol. The average Bonchev–Trinajstić information content (AvgIpc) is 3.30. The molecular formula is C22H27N5OS2. The van der Waals surface area contributed by atoms with Crippen molar-refractivity contribution in [1.29, 1.82) is 0 Å². The smallest absolute Gasteiger partial charge is 0.232 e. The van der Waals surface area contributed by atoms with E-state index in [9.17, 15) is 4.79 Å². The number of benzene rings is 1. The van der Waals surface area contributed by atoms with Gasteiger partial charge in [0.1, 0.15) is 5.01 Å². The number of aryl methyl sites for hydroxylation is 2. The first-order chi connectivity index (χ1) is 14.5. The zero-order chi connectivity index (χ0) is 21.1. The van der Waals surface area contributed by atoms with Gasteiger partial charge in [-0.3, -0.25) is 9.69 Å². The molecule has 1 fully saturated rings. The summed E-state index contributed by atoms with van der Waals surface area (Å²) in [6, 6.07) is 8.60. The Morgan fingerprint density at radius 2 is 1.97 bits per heavy atom. The fourth-order valence-electron chi connectivity index (χ4n) is 3.44. The lowest BCUT2D eigenvalue weighted by Gasteiger charge is -2.32. The van der Waals surface area contributed by atoms with E-state index in [-0.39, 0.29) is 12.3 Å². The molecule has 0 bridgehead atoms. The van der Waals surface area contributed by atoms with Crippen LogP contribution < -0.4 is 5.32 Å². The molecule has 0 atom stereocenters.